The van der Waals surface area contributed by atoms with E-state index in [0.717, 1.165) is 43.7 Å². The first-order chi connectivity index (χ1) is 15.8. The fraction of sp³-hybridized carbons (Fsp3) is 0.667. The highest BCUT2D eigenvalue weighted by Gasteiger charge is 2.32. The molecular weight excluding hydrogens is 440 g/mol. The Bertz CT molecular complexity index is 1090. The second kappa shape index (κ2) is 10.1. The highest BCUT2D eigenvalue weighted by atomic mass is 32.2. The third-order valence-electron chi connectivity index (χ3n) is 6.29. The van der Waals surface area contributed by atoms with E-state index in [4.69, 9.17) is 9.72 Å². The van der Waals surface area contributed by atoms with E-state index in [2.05, 4.69) is 25.3 Å². The van der Waals surface area contributed by atoms with E-state index in [-0.39, 0.29) is 10.8 Å². The van der Waals surface area contributed by atoms with Crippen molar-refractivity contribution in [3.63, 3.8) is 0 Å². The number of carbonyl (C=O) groups excluding carboxylic acids is 1. The third kappa shape index (κ3) is 5.41. The number of hydrogen-bond donors (Lipinski definition) is 0. The number of rotatable bonds is 10. The van der Waals surface area contributed by atoms with Crippen LogP contribution in [0, 0.1) is 5.92 Å². The van der Waals surface area contributed by atoms with Crippen molar-refractivity contribution in [2.45, 2.75) is 70.4 Å². The molecule has 0 unspecified atom stereocenters. The molecule has 0 spiro atoms. The van der Waals surface area contributed by atoms with Gasteiger partial charge in [-0.3, -0.25) is 4.79 Å². The van der Waals surface area contributed by atoms with Crippen LogP contribution in [0.15, 0.2) is 23.1 Å². The van der Waals surface area contributed by atoms with Gasteiger partial charge in [-0.2, -0.15) is 4.31 Å². The van der Waals surface area contributed by atoms with Crippen LogP contribution in [-0.4, -0.2) is 72.0 Å². The van der Waals surface area contributed by atoms with E-state index >= 15 is 0 Å². The number of aryl methyl sites for hydroxylation is 2. The predicted molar refractivity (Wildman–Crippen MR) is 127 cm³/mol. The summed E-state index contributed by atoms with van der Waals surface area (Å²) >= 11 is 0. The van der Waals surface area contributed by atoms with Crippen molar-refractivity contribution >= 4 is 27.0 Å². The summed E-state index contributed by atoms with van der Waals surface area (Å²) in [5.41, 5.74) is 1.59. The van der Waals surface area contributed by atoms with Gasteiger partial charge in [-0.25, -0.2) is 13.4 Å². The number of benzene rings is 1. The van der Waals surface area contributed by atoms with E-state index in [0.29, 0.717) is 56.6 Å². The highest BCUT2D eigenvalue weighted by molar-refractivity contribution is 7.89. The van der Waals surface area contributed by atoms with Crippen molar-refractivity contribution in [1.29, 1.82) is 0 Å². The van der Waals surface area contributed by atoms with Gasteiger partial charge in [0.15, 0.2) is 0 Å². The number of amides is 1. The summed E-state index contributed by atoms with van der Waals surface area (Å²) in [5.74, 6) is 1.49. The molecule has 182 valence electrons. The molecule has 9 heteroatoms. The van der Waals surface area contributed by atoms with Gasteiger partial charge in [0.2, 0.25) is 15.9 Å². The van der Waals surface area contributed by atoms with Crippen molar-refractivity contribution in [2.75, 3.05) is 32.8 Å². The Kier molecular flexibility index (Phi) is 7.40. The number of hydrogen-bond acceptors (Lipinski definition) is 5. The van der Waals surface area contributed by atoms with Gasteiger partial charge in [-0.15, -0.1) is 0 Å². The van der Waals surface area contributed by atoms with Crippen LogP contribution in [0.3, 0.4) is 0 Å². The maximum absolute atomic E-state index is 13.1. The Balaban J connectivity index is 1.56. The molecule has 2 fully saturated rings. The van der Waals surface area contributed by atoms with E-state index < -0.39 is 10.0 Å². The molecule has 2 aliphatic rings. The standard InChI is InChI=1S/C24H36N4O4S/c1-4-11-27-22-8-7-20(33(30,31)26-12-14-32-15-13-26)16-21(22)25-23(27)9-10-24(29)28(17-18(2)3)19-5-6-19/h7-8,16,18-19H,4-6,9-15,17H2,1-3H3. The summed E-state index contributed by atoms with van der Waals surface area (Å²) in [4.78, 5) is 20.1. The molecule has 1 saturated heterocycles. The number of carbonyl (C=O) groups is 1. The van der Waals surface area contributed by atoms with Crippen molar-refractivity contribution in [3.8, 4) is 0 Å². The van der Waals surface area contributed by atoms with Gasteiger partial charge >= 0.3 is 0 Å². The van der Waals surface area contributed by atoms with E-state index in [1.165, 1.54) is 4.31 Å². The molecule has 1 amide bonds. The first kappa shape index (κ1) is 24.2. The Labute approximate surface area is 196 Å². The monoisotopic (exact) mass is 476 g/mol. The summed E-state index contributed by atoms with van der Waals surface area (Å²) in [6.45, 7) is 9.55. The molecule has 2 aromatic rings. The lowest BCUT2D eigenvalue weighted by atomic mass is 10.2. The molecule has 1 aromatic carbocycles. The zero-order valence-corrected chi connectivity index (χ0v) is 20.8. The van der Waals surface area contributed by atoms with Crippen LogP contribution >= 0.6 is 0 Å². The smallest absolute Gasteiger partial charge is 0.243 e. The molecule has 1 saturated carbocycles. The van der Waals surface area contributed by atoms with Gasteiger partial charge in [0.25, 0.3) is 0 Å². The largest absolute Gasteiger partial charge is 0.379 e. The fourth-order valence-electron chi connectivity index (χ4n) is 4.52. The summed E-state index contributed by atoms with van der Waals surface area (Å²) < 4.78 is 35.1. The first-order valence-electron chi connectivity index (χ1n) is 12.2. The van der Waals surface area contributed by atoms with Crippen LogP contribution in [-0.2, 0) is 32.5 Å². The minimum atomic E-state index is -3.58. The maximum atomic E-state index is 13.1. The first-order valence-corrected chi connectivity index (χ1v) is 13.6. The minimum Gasteiger partial charge on any atom is -0.379 e. The summed E-state index contributed by atoms with van der Waals surface area (Å²) in [7, 11) is -3.58. The summed E-state index contributed by atoms with van der Waals surface area (Å²) in [5, 5.41) is 0. The molecule has 8 nitrogen and oxygen atoms in total. The molecule has 2 heterocycles. The molecule has 0 atom stereocenters. The zero-order valence-electron chi connectivity index (χ0n) is 20.0. The Hall–Kier alpha value is -1.97. The topological polar surface area (TPSA) is 84.7 Å². The number of aromatic nitrogens is 2. The molecule has 0 radical (unpaired) electrons. The van der Waals surface area contributed by atoms with Crippen molar-refractivity contribution in [1.82, 2.24) is 18.8 Å². The van der Waals surface area contributed by atoms with Crippen LogP contribution in [0.4, 0.5) is 0 Å². The molecule has 0 bridgehead atoms. The van der Waals surface area contributed by atoms with Crippen LogP contribution in [0.1, 0.15) is 52.3 Å². The van der Waals surface area contributed by atoms with Crippen LogP contribution < -0.4 is 0 Å². The van der Waals surface area contributed by atoms with E-state index in [1.54, 1.807) is 12.1 Å². The van der Waals surface area contributed by atoms with Gasteiger partial charge in [0.1, 0.15) is 5.82 Å². The van der Waals surface area contributed by atoms with Gasteiger partial charge in [0, 0.05) is 45.1 Å². The number of imidazole rings is 1. The minimum absolute atomic E-state index is 0.192. The average molecular weight is 477 g/mol. The molecule has 1 aromatic heterocycles. The van der Waals surface area contributed by atoms with Crippen molar-refractivity contribution in [3.05, 3.63) is 24.0 Å². The molecule has 0 N–H and O–H groups in total. The zero-order chi connectivity index (χ0) is 23.6. The molecule has 1 aliphatic heterocycles. The molecule has 1 aliphatic carbocycles. The third-order valence-corrected chi connectivity index (χ3v) is 8.18. The molecule has 4 rings (SSSR count). The summed E-state index contributed by atoms with van der Waals surface area (Å²) in [6.07, 6.45) is 4.12. The van der Waals surface area contributed by atoms with Crippen molar-refractivity contribution in [2.24, 2.45) is 5.92 Å². The molecular formula is C24H36N4O4S. The molecule has 33 heavy (non-hydrogen) atoms. The van der Waals surface area contributed by atoms with E-state index in [1.807, 2.05) is 11.0 Å². The lowest BCUT2D eigenvalue weighted by molar-refractivity contribution is -0.132. The maximum Gasteiger partial charge on any atom is 0.243 e. The van der Waals surface area contributed by atoms with Gasteiger partial charge in [-0.1, -0.05) is 20.8 Å². The van der Waals surface area contributed by atoms with E-state index in [9.17, 15) is 13.2 Å². The second-order valence-electron chi connectivity index (χ2n) is 9.52. The highest BCUT2D eigenvalue weighted by Crippen LogP contribution is 2.29. The number of sulfonamides is 1. The Morgan fingerprint density at radius 2 is 1.97 bits per heavy atom. The quantitative estimate of drug-likeness (QED) is 0.526. The second-order valence-corrected chi connectivity index (χ2v) is 11.5. The van der Waals surface area contributed by atoms with Gasteiger partial charge in [-0.05, 0) is 43.4 Å². The lowest BCUT2D eigenvalue weighted by Crippen LogP contribution is -2.40. The van der Waals surface area contributed by atoms with Crippen LogP contribution in [0.2, 0.25) is 0 Å². The number of morpholine rings is 1. The number of nitrogens with zero attached hydrogens (tertiary/aromatic N) is 4. The summed E-state index contributed by atoms with van der Waals surface area (Å²) in [6, 6.07) is 5.61. The predicted octanol–water partition coefficient (Wildman–Crippen LogP) is 3.05. The number of ether oxygens (including phenoxy) is 1. The normalized spacial score (nSPS) is 17.7. The van der Waals surface area contributed by atoms with Crippen molar-refractivity contribution < 1.29 is 17.9 Å². The lowest BCUT2D eigenvalue weighted by Gasteiger charge is -2.26. The SMILES string of the molecule is CCCn1c(CCC(=O)N(CC(C)C)C2CC2)nc2cc(S(=O)(=O)N3CCOCC3)ccc21. The van der Waals surface area contributed by atoms with Crippen LogP contribution in [0.25, 0.3) is 11.0 Å². The Morgan fingerprint density at radius 1 is 1.24 bits per heavy atom. The average Bonchev–Trinajstić information content (AvgIpc) is 3.59. The Morgan fingerprint density at radius 3 is 2.61 bits per heavy atom. The van der Waals surface area contributed by atoms with Gasteiger partial charge < -0.3 is 14.2 Å². The van der Waals surface area contributed by atoms with Gasteiger partial charge in [0.05, 0.1) is 29.1 Å². The fourth-order valence-corrected chi connectivity index (χ4v) is 5.94. The number of fused-ring (bicyclic) bond motifs is 1. The van der Waals surface area contributed by atoms with Crippen LogP contribution in [0.5, 0.6) is 0 Å².